The number of fused-ring (bicyclic) bond motifs is 2. The number of ether oxygens (including phenoxy) is 6. The van der Waals surface area contributed by atoms with Crippen molar-refractivity contribution in [2.45, 2.75) is 111 Å². The van der Waals surface area contributed by atoms with Crippen LogP contribution in [-0.2, 0) is 58.9 Å². The van der Waals surface area contributed by atoms with Crippen LogP contribution in [0.25, 0.3) is 17.1 Å². The number of aromatic amines is 1. The highest BCUT2D eigenvalue weighted by atomic mass is 16.8. The Morgan fingerprint density at radius 1 is 0.971 bits per heavy atom. The number of pyridine rings is 1. The molecule has 23 heteroatoms. The third-order valence-electron chi connectivity index (χ3n) is 10.7. The molecule has 2 fully saturated rings. The highest BCUT2D eigenvalue weighted by Gasteiger charge is 2.56. The lowest BCUT2D eigenvalue weighted by molar-refractivity contribution is -0.202. The summed E-state index contributed by atoms with van der Waals surface area (Å²) in [5, 5.41) is 5.20. The quantitative estimate of drug-likeness (QED) is 0.0633. The summed E-state index contributed by atoms with van der Waals surface area (Å²) in [5.41, 5.74) is 4.76. The van der Waals surface area contributed by atoms with Gasteiger partial charge < -0.3 is 48.9 Å². The number of hydrogen-bond donors (Lipinski definition) is 4. The van der Waals surface area contributed by atoms with Crippen LogP contribution in [0.3, 0.4) is 0 Å². The van der Waals surface area contributed by atoms with Gasteiger partial charge in [-0.25, -0.2) is 19.7 Å². The number of rotatable bonds is 18. The van der Waals surface area contributed by atoms with Gasteiger partial charge in [-0.2, -0.15) is 0 Å². The highest BCUT2D eigenvalue weighted by Crippen LogP contribution is 2.44. The van der Waals surface area contributed by atoms with Crippen molar-refractivity contribution in [2.24, 2.45) is 11.1 Å². The minimum atomic E-state index is -1.18. The predicted octanol–water partition coefficient (Wildman–Crippen LogP) is 2.83. The van der Waals surface area contributed by atoms with Crippen LogP contribution in [-0.4, -0.2) is 116 Å². The van der Waals surface area contributed by atoms with E-state index in [1.165, 1.54) is 65.2 Å². The molecule has 5 heterocycles. The maximum absolute atomic E-state index is 14.5. The molecule has 5 atom stereocenters. The summed E-state index contributed by atoms with van der Waals surface area (Å²) in [6.07, 6.45) is 0.253. The predicted molar refractivity (Wildman–Crippen MR) is 244 cm³/mol. The molecule has 69 heavy (non-hydrogen) atoms. The Morgan fingerprint density at radius 2 is 1.67 bits per heavy atom. The third-order valence-corrected chi connectivity index (χ3v) is 10.7. The maximum atomic E-state index is 14.5. The summed E-state index contributed by atoms with van der Waals surface area (Å²) in [7, 11) is 0. The van der Waals surface area contributed by atoms with E-state index in [0.717, 1.165) is 6.08 Å². The molecular formula is C46H55N9O14. The second-order valence-corrected chi connectivity index (χ2v) is 17.4. The van der Waals surface area contributed by atoms with Gasteiger partial charge in [0.15, 0.2) is 23.2 Å². The maximum Gasteiger partial charge on any atom is 0.328 e. The van der Waals surface area contributed by atoms with Gasteiger partial charge in [0.2, 0.25) is 11.9 Å². The summed E-state index contributed by atoms with van der Waals surface area (Å²) in [6, 6.07) is 7.61. The number of esters is 3. The molecule has 6 rings (SSSR count). The summed E-state index contributed by atoms with van der Waals surface area (Å²) in [6.45, 7) is 12.8. The zero-order chi connectivity index (χ0) is 50.4. The average molecular weight is 958 g/mol. The number of benzene rings is 1. The van der Waals surface area contributed by atoms with Gasteiger partial charge >= 0.3 is 17.9 Å². The van der Waals surface area contributed by atoms with E-state index in [9.17, 15) is 38.4 Å². The minimum Gasteiger partial charge on any atom is -0.466 e. The number of anilines is 2. The standard InChI is InChI=1S/C46H55N9O14/c1-9-64-33(58)20-17-29(42(62)65-10-2)50-39(60)25-11-14-27(15-12-25)54(21-26-13-16-28-34(49-26)40(61)52-44(51-28)53-43(63)45(4,5)6)32(57)19-18-30-35(38(47)59)48-23-55(30)41-37-36(68-46(7,8)69-37)31(67-41)22-66-24(3)56/h11-16,18-19,23,29,31,36-37,41H,9-10,17,20-22H2,1-8H3,(H2,47,59)(H,50,60)(H2,51,52,53,61,63)/b19-18+/t29-,31+,36+,37+,41+/m0/s1. The van der Waals surface area contributed by atoms with Crippen LogP contribution in [0.2, 0.25) is 0 Å². The molecule has 0 radical (unpaired) electrons. The Labute approximate surface area is 395 Å². The highest BCUT2D eigenvalue weighted by molar-refractivity contribution is 6.05. The molecule has 0 unspecified atom stereocenters. The second kappa shape index (κ2) is 21.3. The lowest BCUT2D eigenvalue weighted by Gasteiger charge is -2.25. The first-order valence-electron chi connectivity index (χ1n) is 22.0. The molecule has 5 N–H and O–H groups in total. The fourth-order valence-electron chi connectivity index (χ4n) is 7.37. The number of amides is 4. The van der Waals surface area contributed by atoms with Crippen molar-refractivity contribution in [3.8, 4) is 0 Å². The van der Waals surface area contributed by atoms with E-state index in [2.05, 4.69) is 30.6 Å². The number of primary amides is 1. The van der Waals surface area contributed by atoms with Crippen LogP contribution in [0.15, 0.2) is 53.6 Å². The number of imidazole rings is 1. The minimum absolute atomic E-state index is 0.0344. The van der Waals surface area contributed by atoms with Gasteiger partial charge in [-0.05, 0) is 76.6 Å². The van der Waals surface area contributed by atoms with Crippen LogP contribution in [0.4, 0.5) is 11.6 Å². The molecule has 0 saturated carbocycles. The first kappa shape index (κ1) is 51.0. The summed E-state index contributed by atoms with van der Waals surface area (Å²) < 4.78 is 35.3. The Morgan fingerprint density at radius 3 is 2.32 bits per heavy atom. The van der Waals surface area contributed by atoms with Crippen molar-refractivity contribution in [3.05, 3.63) is 81.8 Å². The topological polar surface area (TPSA) is 305 Å². The van der Waals surface area contributed by atoms with Crippen LogP contribution in [0, 0.1) is 5.41 Å². The van der Waals surface area contributed by atoms with Crippen LogP contribution < -0.4 is 26.8 Å². The van der Waals surface area contributed by atoms with Crippen LogP contribution in [0.5, 0.6) is 0 Å². The van der Waals surface area contributed by atoms with Gasteiger partial charge in [0, 0.05) is 36.1 Å². The number of carbonyl (C=O) groups is 7. The largest absolute Gasteiger partial charge is 0.466 e. The number of nitrogens with one attached hydrogen (secondary N) is 3. The summed E-state index contributed by atoms with van der Waals surface area (Å²) in [5.74, 6) is -5.65. The van der Waals surface area contributed by atoms with E-state index >= 15 is 0 Å². The van der Waals surface area contributed by atoms with E-state index in [-0.39, 0.29) is 90.4 Å². The van der Waals surface area contributed by atoms with E-state index in [1.54, 1.807) is 48.5 Å². The van der Waals surface area contributed by atoms with Crippen molar-refractivity contribution in [1.29, 1.82) is 0 Å². The summed E-state index contributed by atoms with van der Waals surface area (Å²) >= 11 is 0. The number of aromatic nitrogens is 5. The molecular weight excluding hydrogens is 903 g/mol. The number of nitrogens with zero attached hydrogens (tertiary/aromatic N) is 5. The smallest absolute Gasteiger partial charge is 0.328 e. The van der Waals surface area contributed by atoms with Crippen molar-refractivity contribution in [3.63, 3.8) is 0 Å². The second-order valence-electron chi connectivity index (χ2n) is 17.4. The van der Waals surface area contributed by atoms with Crippen LogP contribution >= 0.6 is 0 Å². The molecule has 0 aliphatic carbocycles. The Bertz CT molecular complexity index is 2710. The molecule has 4 aromatic rings. The van der Waals surface area contributed by atoms with Crippen LogP contribution in [0.1, 0.15) is 107 Å². The molecule has 3 aromatic heterocycles. The van der Waals surface area contributed by atoms with E-state index < -0.39 is 83.0 Å². The molecule has 2 saturated heterocycles. The molecule has 23 nitrogen and oxygen atoms in total. The molecule has 4 amide bonds. The first-order valence-corrected chi connectivity index (χ1v) is 22.0. The third kappa shape index (κ3) is 12.4. The van der Waals surface area contributed by atoms with Gasteiger partial charge in [-0.15, -0.1) is 0 Å². The number of hydrogen-bond acceptors (Lipinski definition) is 17. The zero-order valence-electron chi connectivity index (χ0n) is 39.4. The number of H-pyrrole nitrogens is 1. The molecule has 368 valence electrons. The molecule has 2 aliphatic rings. The fourth-order valence-corrected chi connectivity index (χ4v) is 7.37. The van der Waals surface area contributed by atoms with E-state index in [1.807, 2.05) is 0 Å². The van der Waals surface area contributed by atoms with Gasteiger partial charge in [-0.1, -0.05) is 20.8 Å². The Balaban J connectivity index is 1.34. The van der Waals surface area contributed by atoms with Crippen molar-refractivity contribution in [2.75, 3.05) is 30.0 Å². The lowest BCUT2D eigenvalue weighted by atomic mass is 9.96. The van der Waals surface area contributed by atoms with Crippen molar-refractivity contribution in [1.82, 2.24) is 29.8 Å². The molecule has 0 bridgehead atoms. The van der Waals surface area contributed by atoms with Gasteiger partial charge in [0.05, 0.1) is 43.0 Å². The lowest BCUT2D eigenvalue weighted by Crippen LogP contribution is -2.42. The Kier molecular flexibility index (Phi) is 15.7. The molecule has 1 aromatic carbocycles. The molecule has 2 aliphatic heterocycles. The SMILES string of the molecule is CCOC(=O)CC[C@H](NC(=O)c1ccc(N(Cc2ccc3nc(NC(=O)C(C)(C)C)[nH]c(=O)c3n2)C(=O)/C=C/c2c(C(N)=O)ncn2[C@@H]2O[C@H](COC(C)=O)[C@H]3OC(C)(C)O[C@H]32)cc1)C(=O)OCC. The van der Waals surface area contributed by atoms with E-state index in [0.29, 0.717) is 0 Å². The van der Waals surface area contributed by atoms with Gasteiger partial charge in [0.25, 0.3) is 23.3 Å². The van der Waals surface area contributed by atoms with Crippen molar-refractivity contribution < 1.29 is 62.0 Å². The van der Waals surface area contributed by atoms with E-state index in [4.69, 9.17) is 34.2 Å². The van der Waals surface area contributed by atoms with Crippen molar-refractivity contribution >= 4 is 70.3 Å². The Hall–Kier alpha value is -7.37. The van der Waals surface area contributed by atoms with Gasteiger partial charge in [0.1, 0.15) is 31.0 Å². The number of carbonyl (C=O) groups excluding carboxylic acids is 7. The number of nitrogens with two attached hydrogens (primary N) is 1. The summed E-state index contributed by atoms with van der Waals surface area (Å²) in [4.78, 5) is 120. The van der Waals surface area contributed by atoms with Gasteiger partial charge in [-0.3, -0.25) is 43.9 Å². The average Bonchev–Trinajstić information content (AvgIpc) is 3.95. The fraction of sp³-hybridized carbons (Fsp3) is 0.457. The monoisotopic (exact) mass is 957 g/mol. The first-order chi connectivity index (χ1) is 32.6. The molecule has 0 spiro atoms. The normalized spacial score (nSPS) is 18.8. The zero-order valence-corrected chi connectivity index (χ0v) is 39.4.